The highest BCUT2D eigenvalue weighted by Gasteiger charge is 2.39. The minimum Gasteiger partial charge on any atom is -0.493 e. The van der Waals surface area contributed by atoms with E-state index in [1.807, 2.05) is 76.5 Å². The average Bonchev–Trinajstić information content (AvgIpc) is 4.05. The van der Waals surface area contributed by atoms with Crippen molar-refractivity contribution >= 4 is 46.7 Å². The summed E-state index contributed by atoms with van der Waals surface area (Å²) >= 11 is 0. The predicted molar refractivity (Wildman–Crippen MR) is 281 cm³/mol. The van der Waals surface area contributed by atoms with Crippen LogP contribution < -0.4 is 33.6 Å². The largest absolute Gasteiger partial charge is 0.493 e. The molecule has 1 saturated heterocycles. The maximum atomic E-state index is 14.3. The first-order chi connectivity index (χ1) is 37.1. The molecule has 5 aliphatic heterocycles. The summed E-state index contributed by atoms with van der Waals surface area (Å²) in [5.74, 6) is -0.0000953. The van der Waals surface area contributed by atoms with E-state index < -0.39 is 17.8 Å². The van der Waals surface area contributed by atoms with Crippen molar-refractivity contribution in [3.05, 3.63) is 136 Å². The number of amides is 4. The molecule has 5 heterocycles. The van der Waals surface area contributed by atoms with Gasteiger partial charge in [-0.2, -0.15) is 0 Å². The number of imide groups is 1. The van der Waals surface area contributed by atoms with E-state index in [4.69, 9.17) is 38.0 Å². The van der Waals surface area contributed by atoms with Gasteiger partial charge in [0.2, 0.25) is 0 Å². The van der Waals surface area contributed by atoms with Crippen LogP contribution >= 0.6 is 0 Å². The van der Waals surface area contributed by atoms with Crippen molar-refractivity contribution in [2.75, 3.05) is 82.2 Å². The lowest BCUT2D eigenvalue weighted by Crippen LogP contribution is -2.36. The van der Waals surface area contributed by atoms with Crippen LogP contribution in [0.5, 0.6) is 23.0 Å². The highest BCUT2D eigenvalue weighted by molar-refractivity contribution is 6.10. The maximum absolute atomic E-state index is 14.3. The SMILES string of the molecule is COCCOCCOCCN(CCCC(=O)ON1C(=O)CCC1=O)c1cc(COc2cc3c(cc2OC)C(=O)N2c4ccccc4C[C@H]2CC3)cc(COc2cc3c(cc2OC)C(=O)N2c4ccccc4C[C@H]2CC3)c1. The van der Waals surface area contributed by atoms with Crippen LogP contribution in [0.2, 0.25) is 0 Å². The number of para-hydroxylation sites is 2. The standard InChI is InChI=1S/C59H64N4O13/c1-69-23-24-73-26-25-72-22-21-60(20-8-13-57(66)76-63-55(64)18-19-56(63)65)46-28-38(36-74-53-32-40-14-16-44-30-42-9-4-6-11-49(42)61(44)58(67)47(40)34-51(53)70-2)27-39(29-46)37-75-54-33-41-15-17-45-31-43-10-5-7-12-50(43)62(45)59(68)48(41)35-52(54)71-3/h4-7,9-12,27-29,32-35,44-45H,8,13-26,30-31,36-37H2,1-3H3/t44-,45-/m1/s1. The van der Waals surface area contributed by atoms with Crippen LogP contribution in [0.4, 0.5) is 17.1 Å². The molecule has 1 fully saturated rings. The Labute approximate surface area is 442 Å². The number of carbonyl (C=O) groups excluding carboxylic acids is 5. The Morgan fingerprint density at radius 3 is 1.61 bits per heavy atom. The fraction of sp³-hybridized carbons (Fsp3) is 0.407. The van der Waals surface area contributed by atoms with Crippen LogP contribution in [0.15, 0.2) is 91.0 Å². The average molecular weight is 1040 g/mol. The van der Waals surface area contributed by atoms with Gasteiger partial charge in [-0.15, -0.1) is 5.06 Å². The molecule has 2 atom stereocenters. The number of fused-ring (bicyclic) bond motifs is 8. The first-order valence-corrected chi connectivity index (χ1v) is 26.2. The number of hydrogen-bond donors (Lipinski definition) is 0. The number of aryl methyl sites for hydroxylation is 2. The first kappa shape index (κ1) is 52.0. The molecule has 0 spiro atoms. The molecule has 0 bridgehead atoms. The van der Waals surface area contributed by atoms with Crippen molar-refractivity contribution in [3.63, 3.8) is 0 Å². The van der Waals surface area contributed by atoms with Gasteiger partial charge in [-0.05, 0) is 133 Å². The molecular formula is C59H64N4O13. The Morgan fingerprint density at radius 2 is 1.08 bits per heavy atom. The van der Waals surface area contributed by atoms with E-state index in [0.29, 0.717) is 105 Å². The molecule has 0 aliphatic carbocycles. The van der Waals surface area contributed by atoms with Gasteiger partial charge in [0.15, 0.2) is 23.0 Å². The second kappa shape index (κ2) is 23.6. The molecule has 4 amide bonds. The molecule has 5 aliphatic rings. The minimum atomic E-state index is -0.688. The van der Waals surface area contributed by atoms with Gasteiger partial charge in [-0.3, -0.25) is 19.2 Å². The molecular weight excluding hydrogens is 973 g/mol. The van der Waals surface area contributed by atoms with Crippen molar-refractivity contribution < 1.29 is 62.0 Å². The highest BCUT2D eigenvalue weighted by Crippen LogP contribution is 2.43. The summed E-state index contributed by atoms with van der Waals surface area (Å²) in [5, 5.41) is 0.566. The second-order valence-electron chi connectivity index (χ2n) is 19.7. The van der Waals surface area contributed by atoms with Crippen LogP contribution in [0, 0.1) is 0 Å². The number of nitrogens with zero attached hydrogens (tertiary/aromatic N) is 4. The fourth-order valence-corrected chi connectivity index (χ4v) is 11.0. The van der Waals surface area contributed by atoms with Gasteiger partial charge in [0.1, 0.15) is 13.2 Å². The normalized spacial score (nSPS) is 17.3. The van der Waals surface area contributed by atoms with E-state index in [0.717, 1.165) is 65.0 Å². The van der Waals surface area contributed by atoms with E-state index in [1.54, 1.807) is 33.5 Å². The Balaban J connectivity index is 0.921. The quantitative estimate of drug-likeness (QED) is 0.0459. The van der Waals surface area contributed by atoms with Gasteiger partial charge in [0.05, 0.1) is 47.3 Å². The Kier molecular flexibility index (Phi) is 16.1. The topological polar surface area (TPSA) is 172 Å². The monoisotopic (exact) mass is 1040 g/mol. The number of rotatable bonds is 23. The van der Waals surface area contributed by atoms with Gasteiger partial charge in [0, 0.05) is 79.7 Å². The summed E-state index contributed by atoms with van der Waals surface area (Å²) in [7, 11) is 4.75. The lowest BCUT2D eigenvalue weighted by Gasteiger charge is -2.26. The molecule has 398 valence electrons. The van der Waals surface area contributed by atoms with Crippen molar-refractivity contribution in [1.29, 1.82) is 0 Å². The zero-order valence-electron chi connectivity index (χ0n) is 43.3. The van der Waals surface area contributed by atoms with E-state index >= 15 is 0 Å². The molecule has 0 saturated carbocycles. The molecule has 76 heavy (non-hydrogen) atoms. The van der Waals surface area contributed by atoms with E-state index in [9.17, 15) is 24.0 Å². The molecule has 5 aromatic carbocycles. The second-order valence-corrected chi connectivity index (χ2v) is 19.7. The van der Waals surface area contributed by atoms with Crippen LogP contribution in [0.1, 0.15) is 92.6 Å². The number of ether oxygens (including phenoxy) is 7. The Morgan fingerprint density at radius 1 is 0.566 bits per heavy atom. The summed E-state index contributed by atoms with van der Waals surface area (Å²) in [6.07, 6.45) is 4.88. The zero-order valence-corrected chi connectivity index (χ0v) is 43.3. The third kappa shape index (κ3) is 11.2. The summed E-state index contributed by atoms with van der Waals surface area (Å²) < 4.78 is 41.8. The van der Waals surface area contributed by atoms with Gasteiger partial charge in [0.25, 0.3) is 23.6 Å². The molecule has 0 radical (unpaired) electrons. The summed E-state index contributed by atoms with van der Waals surface area (Å²) in [5.41, 5.74) is 9.61. The Bertz CT molecular complexity index is 2830. The van der Waals surface area contributed by atoms with Crippen LogP contribution in [0.25, 0.3) is 0 Å². The third-order valence-electron chi connectivity index (χ3n) is 14.8. The summed E-state index contributed by atoms with van der Waals surface area (Å²) in [4.78, 5) is 77.1. The molecule has 0 unspecified atom stereocenters. The molecule has 10 rings (SSSR count). The molecule has 0 aromatic heterocycles. The zero-order chi connectivity index (χ0) is 52.7. The Hall–Kier alpha value is -7.47. The molecule has 0 N–H and O–H groups in total. The summed E-state index contributed by atoms with van der Waals surface area (Å²) in [6, 6.07) is 29.8. The third-order valence-corrected chi connectivity index (χ3v) is 14.8. The van der Waals surface area contributed by atoms with Gasteiger partial charge >= 0.3 is 5.97 Å². The number of benzene rings is 5. The molecule has 5 aromatic rings. The van der Waals surface area contributed by atoms with Crippen molar-refractivity contribution in [2.45, 2.75) is 89.5 Å². The van der Waals surface area contributed by atoms with Gasteiger partial charge < -0.3 is 52.7 Å². The number of hydroxylamine groups is 2. The summed E-state index contributed by atoms with van der Waals surface area (Å²) in [6.45, 7) is 3.02. The molecule has 17 nitrogen and oxygen atoms in total. The van der Waals surface area contributed by atoms with Crippen molar-refractivity contribution in [3.8, 4) is 23.0 Å². The van der Waals surface area contributed by atoms with Crippen LogP contribution in [-0.4, -0.2) is 114 Å². The van der Waals surface area contributed by atoms with Gasteiger partial charge in [-0.1, -0.05) is 36.4 Å². The lowest BCUT2D eigenvalue weighted by atomic mass is 9.99. The maximum Gasteiger partial charge on any atom is 0.333 e. The van der Waals surface area contributed by atoms with Crippen molar-refractivity contribution in [2.24, 2.45) is 0 Å². The van der Waals surface area contributed by atoms with Gasteiger partial charge in [-0.25, -0.2) is 4.79 Å². The predicted octanol–water partition coefficient (Wildman–Crippen LogP) is 7.77. The number of anilines is 3. The number of carbonyl (C=O) groups is 5. The van der Waals surface area contributed by atoms with E-state index in [-0.39, 0.29) is 56.4 Å². The number of hydrogen-bond acceptors (Lipinski definition) is 14. The van der Waals surface area contributed by atoms with E-state index in [1.165, 1.54) is 11.1 Å². The van der Waals surface area contributed by atoms with Crippen LogP contribution in [0.3, 0.4) is 0 Å². The lowest BCUT2D eigenvalue weighted by molar-refractivity contribution is -0.197. The number of methoxy groups -OCH3 is 3. The van der Waals surface area contributed by atoms with Crippen molar-refractivity contribution in [1.82, 2.24) is 5.06 Å². The fourth-order valence-electron chi connectivity index (χ4n) is 11.0. The van der Waals surface area contributed by atoms with Crippen LogP contribution in [-0.2, 0) is 72.3 Å². The minimum absolute atomic E-state index is 0.00446. The highest BCUT2D eigenvalue weighted by atomic mass is 16.7. The molecule has 17 heteroatoms. The van der Waals surface area contributed by atoms with E-state index in [2.05, 4.69) is 17.0 Å². The smallest absolute Gasteiger partial charge is 0.333 e. The first-order valence-electron chi connectivity index (χ1n) is 26.2.